The van der Waals surface area contributed by atoms with Gasteiger partial charge in [0.15, 0.2) is 5.82 Å². The van der Waals surface area contributed by atoms with E-state index in [1.807, 2.05) is 12.1 Å². The predicted octanol–water partition coefficient (Wildman–Crippen LogP) is -0.349. The van der Waals surface area contributed by atoms with Crippen LogP contribution < -0.4 is 10.2 Å². The van der Waals surface area contributed by atoms with Crippen LogP contribution in [0.1, 0.15) is 12.8 Å². The first-order valence-corrected chi connectivity index (χ1v) is 7.32. The molecule has 2 aliphatic heterocycles. The number of hydrogen-bond donors (Lipinski definition) is 1. The summed E-state index contributed by atoms with van der Waals surface area (Å²) < 4.78 is 0. The van der Waals surface area contributed by atoms with Gasteiger partial charge in [-0.3, -0.25) is 9.59 Å². The summed E-state index contributed by atoms with van der Waals surface area (Å²) in [6, 6.07) is 3.76. The molecule has 1 unspecified atom stereocenters. The zero-order valence-electron chi connectivity index (χ0n) is 11.9. The average Bonchev–Trinajstić information content (AvgIpc) is 2.55. The first-order chi connectivity index (χ1) is 10.2. The molecule has 1 aromatic rings. The summed E-state index contributed by atoms with van der Waals surface area (Å²) in [5.41, 5.74) is 0. The SMILES string of the molecule is O=C1CN(C(=O)C2CCCN(c3cccnn3)C2)CCN1. The van der Waals surface area contributed by atoms with Crippen molar-refractivity contribution in [1.29, 1.82) is 0 Å². The van der Waals surface area contributed by atoms with Gasteiger partial charge in [0.05, 0.1) is 12.5 Å². The van der Waals surface area contributed by atoms with Crippen molar-refractivity contribution in [3.05, 3.63) is 18.3 Å². The molecule has 112 valence electrons. The van der Waals surface area contributed by atoms with E-state index in [1.54, 1.807) is 11.1 Å². The second-order valence-corrected chi connectivity index (χ2v) is 5.48. The smallest absolute Gasteiger partial charge is 0.239 e. The standard InChI is InChI=1S/C14H19N5O2/c20-13-10-19(8-6-15-13)14(21)11-3-2-7-18(9-11)12-4-1-5-16-17-12/h1,4-5,11H,2-3,6-10H2,(H,15,20). The largest absolute Gasteiger partial charge is 0.354 e. The first kappa shape index (κ1) is 13.8. The summed E-state index contributed by atoms with van der Waals surface area (Å²) in [7, 11) is 0. The molecular weight excluding hydrogens is 270 g/mol. The van der Waals surface area contributed by atoms with E-state index >= 15 is 0 Å². The lowest BCUT2D eigenvalue weighted by atomic mass is 9.96. The number of rotatable bonds is 2. The Kier molecular flexibility index (Phi) is 3.98. The molecular formula is C14H19N5O2. The third-order valence-corrected chi connectivity index (χ3v) is 4.00. The van der Waals surface area contributed by atoms with Crippen LogP contribution in [0.3, 0.4) is 0 Å². The van der Waals surface area contributed by atoms with Crippen molar-refractivity contribution in [2.75, 3.05) is 37.6 Å². The molecule has 0 spiro atoms. The highest BCUT2D eigenvalue weighted by Crippen LogP contribution is 2.22. The predicted molar refractivity (Wildman–Crippen MR) is 76.6 cm³/mol. The molecule has 3 rings (SSSR count). The van der Waals surface area contributed by atoms with Gasteiger partial charge in [-0.25, -0.2) is 0 Å². The van der Waals surface area contributed by atoms with Gasteiger partial charge in [0.2, 0.25) is 11.8 Å². The van der Waals surface area contributed by atoms with Crippen molar-refractivity contribution in [2.24, 2.45) is 5.92 Å². The Morgan fingerprint density at radius 3 is 3.05 bits per heavy atom. The zero-order valence-corrected chi connectivity index (χ0v) is 11.9. The number of piperazine rings is 1. The minimum Gasteiger partial charge on any atom is -0.354 e. The Balaban J connectivity index is 1.65. The lowest BCUT2D eigenvalue weighted by Gasteiger charge is -2.36. The summed E-state index contributed by atoms with van der Waals surface area (Å²) >= 11 is 0. The molecule has 2 fully saturated rings. The molecule has 0 radical (unpaired) electrons. The van der Waals surface area contributed by atoms with Crippen LogP contribution in [-0.4, -0.2) is 59.6 Å². The Morgan fingerprint density at radius 1 is 1.38 bits per heavy atom. The van der Waals surface area contributed by atoms with Crippen LogP contribution in [0.2, 0.25) is 0 Å². The van der Waals surface area contributed by atoms with E-state index in [-0.39, 0.29) is 24.3 Å². The number of aromatic nitrogens is 2. The van der Waals surface area contributed by atoms with Crippen LogP contribution in [0, 0.1) is 5.92 Å². The number of carbonyl (C=O) groups is 2. The fraction of sp³-hybridized carbons (Fsp3) is 0.571. The van der Waals surface area contributed by atoms with Crippen molar-refractivity contribution < 1.29 is 9.59 Å². The molecule has 7 nitrogen and oxygen atoms in total. The minimum absolute atomic E-state index is 0.0633. The fourth-order valence-electron chi connectivity index (χ4n) is 2.93. The number of carbonyl (C=O) groups excluding carboxylic acids is 2. The summed E-state index contributed by atoms with van der Waals surface area (Å²) in [6.45, 7) is 2.87. The van der Waals surface area contributed by atoms with Crippen molar-refractivity contribution in [3.63, 3.8) is 0 Å². The van der Waals surface area contributed by atoms with Gasteiger partial charge in [-0.15, -0.1) is 5.10 Å². The van der Waals surface area contributed by atoms with Gasteiger partial charge < -0.3 is 15.1 Å². The second-order valence-electron chi connectivity index (χ2n) is 5.48. The third-order valence-electron chi connectivity index (χ3n) is 4.00. The molecule has 21 heavy (non-hydrogen) atoms. The third kappa shape index (κ3) is 3.12. The molecule has 3 heterocycles. The zero-order chi connectivity index (χ0) is 14.7. The molecule has 1 N–H and O–H groups in total. The molecule has 2 amide bonds. The molecule has 1 aromatic heterocycles. The van der Waals surface area contributed by atoms with Crippen LogP contribution in [0.5, 0.6) is 0 Å². The molecule has 7 heteroatoms. The lowest BCUT2D eigenvalue weighted by Crippen LogP contribution is -2.53. The molecule has 2 saturated heterocycles. The summed E-state index contributed by atoms with van der Waals surface area (Å²) in [5, 5.41) is 10.7. The Morgan fingerprint density at radius 2 is 2.29 bits per heavy atom. The van der Waals surface area contributed by atoms with Gasteiger partial charge in [-0.2, -0.15) is 5.10 Å². The van der Waals surface area contributed by atoms with Crippen molar-refractivity contribution in [1.82, 2.24) is 20.4 Å². The molecule has 0 bridgehead atoms. The van der Waals surface area contributed by atoms with E-state index in [0.717, 1.165) is 25.2 Å². The van der Waals surface area contributed by atoms with Crippen LogP contribution in [-0.2, 0) is 9.59 Å². The van der Waals surface area contributed by atoms with Gasteiger partial charge in [-0.1, -0.05) is 0 Å². The Bertz CT molecular complexity index is 521. The molecule has 1 atom stereocenters. The van der Waals surface area contributed by atoms with Gasteiger partial charge >= 0.3 is 0 Å². The second kappa shape index (κ2) is 6.07. The maximum atomic E-state index is 12.6. The summed E-state index contributed by atoms with van der Waals surface area (Å²) in [6.07, 6.45) is 3.46. The number of nitrogens with one attached hydrogen (secondary N) is 1. The number of amides is 2. The molecule has 2 aliphatic rings. The highest BCUT2D eigenvalue weighted by atomic mass is 16.2. The maximum Gasteiger partial charge on any atom is 0.239 e. The van der Waals surface area contributed by atoms with Gasteiger partial charge in [0.1, 0.15) is 0 Å². The van der Waals surface area contributed by atoms with Crippen LogP contribution >= 0.6 is 0 Å². The number of hydrogen-bond acceptors (Lipinski definition) is 5. The van der Waals surface area contributed by atoms with E-state index in [9.17, 15) is 9.59 Å². The molecule has 0 aromatic carbocycles. The van der Waals surface area contributed by atoms with E-state index in [2.05, 4.69) is 20.4 Å². The normalized spacial score (nSPS) is 22.9. The van der Waals surface area contributed by atoms with Gasteiger partial charge in [0, 0.05) is 32.4 Å². The van der Waals surface area contributed by atoms with E-state index < -0.39 is 0 Å². The van der Waals surface area contributed by atoms with Crippen molar-refractivity contribution in [2.45, 2.75) is 12.8 Å². The Labute approximate surface area is 123 Å². The maximum absolute atomic E-state index is 12.6. The number of anilines is 1. The van der Waals surface area contributed by atoms with Gasteiger partial charge in [0.25, 0.3) is 0 Å². The van der Waals surface area contributed by atoms with Crippen molar-refractivity contribution >= 4 is 17.6 Å². The lowest BCUT2D eigenvalue weighted by molar-refractivity contribution is -0.141. The Hall–Kier alpha value is -2.18. The summed E-state index contributed by atoms with van der Waals surface area (Å²) in [4.78, 5) is 27.7. The van der Waals surface area contributed by atoms with Crippen LogP contribution in [0.25, 0.3) is 0 Å². The van der Waals surface area contributed by atoms with E-state index in [1.165, 1.54) is 0 Å². The van der Waals surface area contributed by atoms with E-state index in [4.69, 9.17) is 0 Å². The summed E-state index contributed by atoms with van der Waals surface area (Å²) in [5.74, 6) is 0.757. The highest BCUT2D eigenvalue weighted by Gasteiger charge is 2.31. The number of piperidine rings is 1. The quantitative estimate of drug-likeness (QED) is 0.805. The average molecular weight is 289 g/mol. The number of nitrogens with zero attached hydrogens (tertiary/aromatic N) is 4. The minimum atomic E-state index is -0.0730. The van der Waals surface area contributed by atoms with Crippen LogP contribution in [0.4, 0.5) is 5.82 Å². The van der Waals surface area contributed by atoms with Crippen molar-refractivity contribution in [3.8, 4) is 0 Å². The topological polar surface area (TPSA) is 78.4 Å². The molecule has 0 aliphatic carbocycles. The van der Waals surface area contributed by atoms with Gasteiger partial charge in [-0.05, 0) is 25.0 Å². The van der Waals surface area contributed by atoms with Crippen LogP contribution in [0.15, 0.2) is 18.3 Å². The highest BCUT2D eigenvalue weighted by molar-refractivity contribution is 5.87. The first-order valence-electron chi connectivity index (χ1n) is 7.32. The van der Waals surface area contributed by atoms with E-state index in [0.29, 0.717) is 19.6 Å². The molecule has 0 saturated carbocycles. The fourth-order valence-corrected chi connectivity index (χ4v) is 2.93. The monoisotopic (exact) mass is 289 g/mol.